The van der Waals surface area contributed by atoms with Crippen LogP contribution in [-0.4, -0.2) is 30.0 Å². The first-order valence-electron chi connectivity index (χ1n) is 5.11. The van der Waals surface area contributed by atoms with Crippen LogP contribution in [-0.2, 0) is 0 Å². The largest absolute Gasteiger partial charge is 0.330 e. The van der Waals surface area contributed by atoms with Crippen molar-refractivity contribution in [2.75, 3.05) is 20.1 Å². The number of nitrogens with two attached hydrogens (primary N) is 1. The molecular formula is C11H17N3. The standard InChI is InChI=1S/C11H17N3/c1-14-8-9(7-12)6-11(14)10-2-4-13-5-3-10/h2-5,9,11H,6-8,12H2,1H3. The topological polar surface area (TPSA) is 42.1 Å². The van der Waals surface area contributed by atoms with Gasteiger partial charge in [0, 0.05) is 25.0 Å². The molecule has 1 saturated heterocycles. The van der Waals surface area contributed by atoms with Crippen molar-refractivity contribution in [3.05, 3.63) is 30.1 Å². The fourth-order valence-electron chi connectivity index (χ4n) is 2.25. The Morgan fingerprint density at radius 2 is 2.21 bits per heavy atom. The second kappa shape index (κ2) is 4.07. The summed E-state index contributed by atoms with van der Waals surface area (Å²) in [5.74, 6) is 0.651. The van der Waals surface area contributed by atoms with Gasteiger partial charge in [0.15, 0.2) is 0 Å². The highest BCUT2D eigenvalue weighted by Gasteiger charge is 2.29. The molecule has 3 nitrogen and oxygen atoms in total. The second-order valence-corrected chi connectivity index (χ2v) is 4.07. The van der Waals surface area contributed by atoms with Crippen LogP contribution in [0.4, 0.5) is 0 Å². The van der Waals surface area contributed by atoms with E-state index in [0.717, 1.165) is 13.1 Å². The molecule has 0 radical (unpaired) electrons. The van der Waals surface area contributed by atoms with E-state index >= 15 is 0 Å². The van der Waals surface area contributed by atoms with Crippen molar-refractivity contribution >= 4 is 0 Å². The first kappa shape index (κ1) is 9.62. The Kier molecular flexibility index (Phi) is 2.79. The summed E-state index contributed by atoms with van der Waals surface area (Å²) in [5, 5.41) is 0. The number of hydrogen-bond donors (Lipinski definition) is 1. The summed E-state index contributed by atoms with van der Waals surface area (Å²) >= 11 is 0. The number of pyridine rings is 1. The lowest BCUT2D eigenvalue weighted by Crippen LogP contribution is -2.20. The smallest absolute Gasteiger partial charge is 0.0349 e. The number of likely N-dealkylation sites (tertiary alicyclic amines) is 1. The molecule has 76 valence electrons. The van der Waals surface area contributed by atoms with Crippen LogP contribution in [0.15, 0.2) is 24.5 Å². The van der Waals surface area contributed by atoms with Crippen molar-refractivity contribution in [3.63, 3.8) is 0 Å². The second-order valence-electron chi connectivity index (χ2n) is 4.07. The van der Waals surface area contributed by atoms with E-state index in [1.165, 1.54) is 12.0 Å². The average Bonchev–Trinajstić information content (AvgIpc) is 2.61. The maximum absolute atomic E-state index is 5.70. The van der Waals surface area contributed by atoms with Gasteiger partial charge >= 0.3 is 0 Å². The molecule has 0 saturated carbocycles. The first-order valence-corrected chi connectivity index (χ1v) is 5.11. The zero-order valence-electron chi connectivity index (χ0n) is 8.56. The maximum atomic E-state index is 5.70. The highest BCUT2D eigenvalue weighted by atomic mass is 15.2. The molecule has 1 fully saturated rings. The fourth-order valence-corrected chi connectivity index (χ4v) is 2.25. The fraction of sp³-hybridized carbons (Fsp3) is 0.545. The Hall–Kier alpha value is -0.930. The Bertz CT molecular complexity index is 286. The molecule has 2 N–H and O–H groups in total. The van der Waals surface area contributed by atoms with E-state index in [1.807, 2.05) is 12.4 Å². The molecule has 3 heteroatoms. The van der Waals surface area contributed by atoms with Crippen LogP contribution < -0.4 is 5.73 Å². The highest BCUT2D eigenvalue weighted by Crippen LogP contribution is 2.32. The Labute approximate surface area is 84.9 Å². The Morgan fingerprint density at radius 3 is 2.79 bits per heavy atom. The van der Waals surface area contributed by atoms with E-state index in [2.05, 4.69) is 29.1 Å². The molecule has 0 amide bonds. The van der Waals surface area contributed by atoms with E-state index in [0.29, 0.717) is 12.0 Å². The van der Waals surface area contributed by atoms with Gasteiger partial charge in [-0.3, -0.25) is 9.88 Å². The van der Waals surface area contributed by atoms with E-state index in [1.54, 1.807) is 0 Å². The van der Waals surface area contributed by atoms with Crippen LogP contribution in [0, 0.1) is 5.92 Å². The minimum Gasteiger partial charge on any atom is -0.330 e. The van der Waals surface area contributed by atoms with Gasteiger partial charge in [-0.05, 0) is 43.6 Å². The number of aromatic nitrogens is 1. The third-order valence-electron chi connectivity index (χ3n) is 3.06. The van der Waals surface area contributed by atoms with E-state index in [9.17, 15) is 0 Å². The van der Waals surface area contributed by atoms with Crippen molar-refractivity contribution in [1.29, 1.82) is 0 Å². The zero-order valence-corrected chi connectivity index (χ0v) is 8.56. The summed E-state index contributed by atoms with van der Waals surface area (Å²) in [7, 11) is 2.17. The molecular weight excluding hydrogens is 174 g/mol. The number of hydrogen-bond acceptors (Lipinski definition) is 3. The summed E-state index contributed by atoms with van der Waals surface area (Å²) in [4.78, 5) is 6.42. The molecule has 2 unspecified atom stereocenters. The van der Waals surface area contributed by atoms with Crippen molar-refractivity contribution in [2.24, 2.45) is 11.7 Å². The Balaban J connectivity index is 2.13. The van der Waals surface area contributed by atoms with E-state index in [-0.39, 0.29) is 0 Å². The molecule has 1 aliphatic rings. The van der Waals surface area contributed by atoms with Crippen LogP contribution in [0.2, 0.25) is 0 Å². The van der Waals surface area contributed by atoms with Gasteiger partial charge in [-0.15, -0.1) is 0 Å². The minimum atomic E-state index is 0.534. The molecule has 1 aromatic heterocycles. The number of nitrogens with zero attached hydrogens (tertiary/aromatic N) is 2. The SMILES string of the molecule is CN1CC(CN)CC1c1ccncc1. The van der Waals surface area contributed by atoms with Crippen LogP contribution in [0.3, 0.4) is 0 Å². The monoisotopic (exact) mass is 191 g/mol. The van der Waals surface area contributed by atoms with Gasteiger partial charge < -0.3 is 5.73 Å². The molecule has 0 aromatic carbocycles. The average molecular weight is 191 g/mol. The van der Waals surface area contributed by atoms with Crippen molar-refractivity contribution in [3.8, 4) is 0 Å². The molecule has 1 aromatic rings. The molecule has 14 heavy (non-hydrogen) atoms. The summed E-state index contributed by atoms with van der Waals surface area (Å²) in [6, 6.07) is 4.73. The molecule has 0 aliphatic carbocycles. The van der Waals surface area contributed by atoms with Crippen molar-refractivity contribution in [1.82, 2.24) is 9.88 Å². The molecule has 0 bridgehead atoms. The maximum Gasteiger partial charge on any atom is 0.0349 e. The van der Waals surface area contributed by atoms with Crippen LogP contribution in [0.25, 0.3) is 0 Å². The van der Waals surface area contributed by atoms with Gasteiger partial charge in [0.25, 0.3) is 0 Å². The minimum absolute atomic E-state index is 0.534. The molecule has 2 atom stereocenters. The summed E-state index contributed by atoms with van der Waals surface area (Å²) < 4.78 is 0. The Morgan fingerprint density at radius 1 is 1.50 bits per heavy atom. The third-order valence-corrected chi connectivity index (χ3v) is 3.06. The van der Waals surface area contributed by atoms with Crippen LogP contribution in [0.1, 0.15) is 18.0 Å². The molecule has 2 rings (SSSR count). The summed E-state index contributed by atoms with van der Waals surface area (Å²) in [5.41, 5.74) is 7.06. The lowest BCUT2D eigenvalue weighted by molar-refractivity contribution is 0.313. The number of rotatable bonds is 2. The quantitative estimate of drug-likeness (QED) is 0.759. The van der Waals surface area contributed by atoms with Crippen LogP contribution in [0.5, 0.6) is 0 Å². The van der Waals surface area contributed by atoms with Gasteiger partial charge in [-0.25, -0.2) is 0 Å². The van der Waals surface area contributed by atoms with Crippen molar-refractivity contribution in [2.45, 2.75) is 12.5 Å². The zero-order chi connectivity index (χ0) is 9.97. The van der Waals surface area contributed by atoms with Crippen molar-refractivity contribution < 1.29 is 0 Å². The molecule has 2 heterocycles. The van der Waals surface area contributed by atoms with Gasteiger partial charge in [0.2, 0.25) is 0 Å². The first-order chi connectivity index (χ1) is 6.81. The van der Waals surface area contributed by atoms with Gasteiger partial charge in [-0.2, -0.15) is 0 Å². The normalized spacial score (nSPS) is 28.1. The molecule has 1 aliphatic heterocycles. The lowest BCUT2D eigenvalue weighted by atomic mass is 10.0. The predicted molar refractivity (Wildman–Crippen MR) is 56.8 cm³/mol. The molecule has 0 spiro atoms. The van der Waals surface area contributed by atoms with Crippen LogP contribution >= 0.6 is 0 Å². The van der Waals surface area contributed by atoms with Gasteiger partial charge in [0.05, 0.1) is 0 Å². The summed E-state index contributed by atoms with van der Waals surface area (Å²) in [6.45, 7) is 1.91. The predicted octanol–water partition coefficient (Wildman–Crippen LogP) is 1.03. The van der Waals surface area contributed by atoms with E-state index < -0.39 is 0 Å². The van der Waals surface area contributed by atoms with Gasteiger partial charge in [0.1, 0.15) is 0 Å². The van der Waals surface area contributed by atoms with Gasteiger partial charge in [-0.1, -0.05) is 0 Å². The lowest BCUT2D eigenvalue weighted by Gasteiger charge is -2.18. The highest BCUT2D eigenvalue weighted by molar-refractivity contribution is 5.16. The third kappa shape index (κ3) is 1.79. The summed E-state index contributed by atoms with van der Waals surface area (Å²) in [6.07, 6.45) is 4.90. The van der Waals surface area contributed by atoms with E-state index in [4.69, 9.17) is 5.73 Å².